The molecule has 160 valence electrons. The van der Waals surface area contributed by atoms with Crippen molar-refractivity contribution in [3.63, 3.8) is 0 Å². The van der Waals surface area contributed by atoms with Gasteiger partial charge in [-0.2, -0.15) is 5.06 Å². The minimum atomic E-state index is -0.0693. The number of nitrogens with zero attached hydrogens (tertiary/aromatic N) is 2. The van der Waals surface area contributed by atoms with Gasteiger partial charge in [0.05, 0.1) is 19.4 Å². The second-order valence-corrected chi connectivity index (χ2v) is 8.08. The van der Waals surface area contributed by atoms with Crippen molar-refractivity contribution in [3.05, 3.63) is 23.2 Å². The van der Waals surface area contributed by atoms with Gasteiger partial charge in [-0.25, -0.2) is 0 Å². The predicted molar refractivity (Wildman–Crippen MR) is 112 cm³/mol. The number of benzene rings is 1. The van der Waals surface area contributed by atoms with Crippen molar-refractivity contribution in [3.8, 4) is 5.75 Å². The molecule has 1 atom stereocenters. The third-order valence-electron chi connectivity index (χ3n) is 5.49. The smallest absolute Gasteiger partial charge is 0.224 e. The summed E-state index contributed by atoms with van der Waals surface area (Å²) in [5.74, 6) is 1.04. The summed E-state index contributed by atoms with van der Waals surface area (Å²) in [4.78, 5) is 32.3. The molecule has 2 heterocycles. The molecule has 0 unspecified atom stereocenters. The first kappa shape index (κ1) is 21.9. The Labute approximate surface area is 177 Å². The zero-order chi connectivity index (χ0) is 20.6. The van der Waals surface area contributed by atoms with Gasteiger partial charge in [0.2, 0.25) is 11.8 Å². The van der Waals surface area contributed by atoms with Crippen LogP contribution in [0.5, 0.6) is 5.75 Å². The third kappa shape index (κ3) is 6.59. The van der Waals surface area contributed by atoms with Gasteiger partial charge in [-0.15, -0.1) is 0 Å². The maximum Gasteiger partial charge on any atom is 0.224 e. The average molecular weight is 424 g/mol. The minimum absolute atomic E-state index is 0.0693. The molecular formula is C21H30ClN3O4. The van der Waals surface area contributed by atoms with Crippen LogP contribution in [0, 0.1) is 5.92 Å². The molecule has 2 amide bonds. The van der Waals surface area contributed by atoms with Crippen LogP contribution in [0.3, 0.4) is 0 Å². The second kappa shape index (κ2) is 10.8. The van der Waals surface area contributed by atoms with Crippen molar-refractivity contribution >= 4 is 29.1 Å². The zero-order valence-electron chi connectivity index (χ0n) is 17.0. The number of methoxy groups -OCH3 is 1. The Kier molecular flexibility index (Phi) is 8.15. The van der Waals surface area contributed by atoms with Crippen molar-refractivity contribution in [2.24, 2.45) is 5.92 Å². The van der Waals surface area contributed by atoms with E-state index in [1.807, 2.05) is 9.96 Å². The lowest BCUT2D eigenvalue weighted by molar-refractivity contribution is -0.140. The Morgan fingerprint density at radius 1 is 1.28 bits per heavy atom. The highest BCUT2D eigenvalue weighted by Gasteiger charge is 2.25. The maximum absolute atomic E-state index is 12.5. The molecule has 0 radical (unpaired) electrons. The van der Waals surface area contributed by atoms with Crippen molar-refractivity contribution in [1.82, 2.24) is 9.96 Å². The molecule has 0 aliphatic carbocycles. The molecule has 0 bridgehead atoms. The Morgan fingerprint density at radius 3 is 2.90 bits per heavy atom. The number of likely N-dealkylation sites (tertiary alicyclic amines) is 1. The highest BCUT2D eigenvalue weighted by atomic mass is 35.5. The lowest BCUT2D eigenvalue weighted by atomic mass is 9.93. The lowest BCUT2D eigenvalue weighted by Gasteiger charge is -2.33. The van der Waals surface area contributed by atoms with E-state index in [9.17, 15) is 9.59 Å². The molecule has 1 aromatic rings. The molecular weight excluding hydrogens is 394 g/mol. The van der Waals surface area contributed by atoms with E-state index in [0.717, 1.165) is 51.9 Å². The average Bonchev–Trinajstić information content (AvgIpc) is 3.24. The molecule has 2 saturated heterocycles. The normalized spacial score (nSPS) is 19.9. The van der Waals surface area contributed by atoms with E-state index in [1.54, 1.807) is 25.3 Å². The van der Waals surface area contributed by atoms with E-state index in [-0.39, 0.29) is 11.8 Å². The molecule has 2 aliphatic heterocycles. The number of piperidine rings is 1. The van der Waals surface area contributed by atoms with Crippen LogP contribution in [0.25, 0.3) is 0 Å². The fourth-order valence-corrected chi connectivity index (χ4v) is 4.08. The number of carbonyl (C=O) groups is 2. The molecule has 1 aromatic carbocycles. The Morgan fingerprint density at radius 2 is 2.14 bits per heavy atom. The van der Waals surface area contributed by atoms with Crippen LogP contribution in [0.1, 0.15) is 38.5 Å². The van der Waals surface area contributed by atoms with Crippen LogP contribution in [-0.4, -0.2) is 61.7 Å². The van der Waals surface area contributed by atoms with E-state index < -0.39 is 0 Å². The Balaban J connectivity index is 1.42. The lowest BCUT2D eigenvalue weighted by Crippen LogP contribution is -2.41. The summed E-state index contributed by atoms with van der Waals surface area (Å²) in [6.07, 6.45) is 4.72. The molecule has 29 heavy (non-hydrogen) atoms. The number of ether oxygens (including phenoxy) is 1. The Bertz CT molecular complexity index is 709. The van der Waals surface area contributed by atoms with Gasteiger partial charge in [0, 0.05) is 44.0 Å². The first-order valence-corrected chi connectivity index (χ1v) is 10.7. The summed E-state index contributed by atoms with van der Waals surface area (Å²) in [5.41, 5.74) is 0.578. The standard InChI is InChI=1S/C21H30ClN3O4/c1-28-19-7-6-17(22)14-18(19)23-20(26)8-5-16-4-2-10-24(15-16)21(27)9-12-25-11-3-13-29-25/h6-7,14,16H,2-5,8-13,15H2,1H3,(H,23,26)/t16-/m1/s1. The number of nitrogens with one attached hydrogen (secondary N) is 1. The van der Waals surface area contributed by atoms with Crippen LogP contribution < -0.4 is 10.1 Å². The molecule has 0 aromatic heterocycles. The second-order valence-electron chi connectivity index (χ2n) is 7.65. The Hall–Kier alpha value is -1.83. The van der Waals surface area contributed by atoms with Crippen LogP contribution in [0.2, 0.25) is 5.02 Å². The number of amides is 2. The highest BCUT2D eigenvalue weighted by molar-refractivity contribution is 6.31. The van der Waals surface area contributed by atoms with Crippen molar-refractivity contribution in [2.45, 2.75) is 38.5 Å². The number of hydrogen-bond acceptors (Lipinski definition) is 5. The van der Waals surface area contributed by atoms with Gasteiger partial charge >= 0.3 is 0 Å². The van der Waals surface area contributed by atoms with Crippen molar-refractivity contribution in [1.29, 1.82) is 0 Å². The van der Waals surface area contributed by atoms with E-state index in [2.05, 4.69) is 5.32 Å². The molecule has 1 N–H and O–H groups in total. The topological polar surface area (TPSA) is 71.1 Å². The van der Waals surface area contributed by atoms with E-state index in [0.29, 0.717) is 41.8 Å². The zero-order valence-corrected chi connectivity index (χ0v) is 17.7. The maximum atomic E-state index is 12.5. The number of hydrogen-bond donors (Lipinski definition) is 1. The highest BCUT2D eigenvalue weighted by Crippen LogP contribution is 2.28. The fourth-order valence-electron chi connectivity index (χ4n) is 3.91. The third-order valence-corrected chi connectivity index (χ3v) is 5.72. The fraction of sp³-hybridized carbons (Fsp3) is 0.619. The number of rotatable bonds is 8. The number of halogens is 1. The first-order chi connectivity index (χ1) is 14.0. The largest absolute Gasteiger partial charge is 0.495 e. The summed E-state index contributed by atoms with van der Waals surface area (Å²) in [7, 11) is 1.56. The van der Waals surface area contributed by atoms with Crippen LogP contribution >= 0.6 is 11.6 Å². The van der Waals surface area contributed by atoms with Gasteiger partial charge in [0.25, 0.3) is 0 Å². The SMILES string of the molecule is COc1ccc(Cl)cc1NC(=O)CC[C@H]1CCCN(C(=O)CCN2CCCO2)C1. The number of anilines is 1. The van der Waals surface area contributed by atoms with Crippen LogP contribution in [-0.2, 0) is 14.4 Å². The number of carbonyl (C=O) groups excluding carboxylic acids is 2. The minimum Gasteiger partial charge on any atom is -0.495 e. The molecule has 0 saturated carbocycles. The van der Waals surface area contributed by atoms with E-state index >= 15 is 0 Å². The molecule has 0 spiro atoms. The van der Waals surface area contributed by atoms with Crippen LogP contribution in [0.4, 0.5) is 5.69 Å². The summed E-state index contributed by atoms with van der Waals surface area (Å²) in [6, 6.07) is 5.14. The summed E-state index contributed by atoms with van der Waals surface area (Å²) < 4.78 is 5.27. The number of hydroxylamine groups is 2. The van der Waals surface area contributed by atoms with E-state index in [4.69, 9.17) is 21.2 Å². The van der Waals surface area contributed by atoms with Crippen molar-refractivity contribution in [2.75, 3.05) is 45.2 Å². The van der Waals surface area contributed by atoms with E-state index in [1.165, 1.54) is 0 Å². The quantitative estimate of drug-likeness (QED) is 0.694. The predicted octanol–water partition coefficient (Wildman–Crippen LogP) is 3.33. The summed E-state index contributed by atoms with van der Waals surface area (Å²) in [6.45, 7) is 3.85. The summed E-state index contributed by atoms with van der Waals surface area (Å²) >= 11 is 6.01. The van der Waals surface area contributed by atoms with Crippen LogP contribution in [0.15, 0.2) is 18.2 Å². The van der Waals surface area contributed by atoms with Gasteiger partial charge < -0.3 is 15.0 Å². The van der Waals surface area contributed by atoms with Gasteiger partial charge in [-0.3, -0.25) is 14.4 Å². The van der Waals surface area contributed by atoms with Gasteiger partial charge in [0.15, 0.2) is 0 Å². The van der Waals surface area contributed by atoms with Gasteiger partial charge in [-0.1, -0.05) is 11.6 Å². The molecule has 8 heteroatoms. The first-order valence-electron chi connectivity index (χ1n) is 10.3. The molecule has 2 aliphatic rings. The molecule has 2 fully saturated rings. The molecule has 3 rings (SSSR count). The van der Waals surface area contributed by atoms with Gasteiger partial charge in [-0.05, 0) is 49.8 Å². The molecule has 7 nitrogen and oxygen atoms in total. The van der Waals surface area contributed by atoms with Gasteiger partial charge in [0.1, 0.15) is 5.75 Å². The summed E-state index contributed by atoms with van der Waals surface area (Å²) in [5, 5.41) is 5.31. The monoisotopic (exact) mass is 423 g/mol. The van der Waals surface area contributed by atoms with Crippen molar-refractivity contribution < 1.29 is 19.2 Å².